The Balaban J connectivity index is 0.00000289. The van der Waals surface area contributed by atoms with E-state index < -0.39 is 0 Å². The average molecular weight is 438 g/mol. The Bertz CT molecular complexity index is 1030. The van der Waals surface area contributed by atoms with E-state index >= 15 is 0 Å². The van der Waals surface area contributed by atoms with E-state index in [1.165, 1.54) is 0 Å². The molecule has 1 fully saturated rings. The van der Waals surface area contributed by atoms with Gasteiger partial charge >= 0.3 is 0 Å². The molecule has 172 valence electrons. The molecule has 0 spiro atoms. The number of hydrogen-bond donors (Lipinski definition) is 3. The molecule has 1 saturated carbocycles. The molecule has 3 N–H and O–H groups in total. The van der Waals surface area contributed by atoms with Crippen LogP contribution < -0.4 is 20.3 Å². The van der Waals surface area contributed by atoms with E-state index in [1.807, 2.05) is 49.3 Å². The van der Waals surface area contributed by atoms with Crippen LogP contribution in [0.15, 0.2) is 42.5 Å². The molecule has 0 radical (unpaired) electrons. The molecular formula is C25H35N5O2. The lowest BCUT2D eigenvalue weighted by molar-refractivity contribution is 0.345. The van der Waals surface area contributed by atoms with Crippen LogP contribution in [-0.4, -0.2) is 48.4 Å². The van der Waals surface area contributed by atoms with Gasteiger partial charge in [-0.25, -0.2) is 4.98 Å². The number of phenols is 1. The van der Waals surface area contributed by atoms with Crippen LogP contribution in [-0.2, 0) is 6.54 Å². The van der Waals surface area contributed by atoms with E-state index in [0.29, 0.717) is 30.3 Å². The molecule has 7 heteroatoms. The minimum Gasteiger partial charge on any atom is -0.504 e. The second-order valence-corrected chi connectivity index (χ2v) is 8.32. The highest BCUT2D eigenvalue weighted by Gasteiger charge is 2.22. The number of methoxy groups -OCH3 is 1. The van der Waals surface area contributed by atoms with Gasteiger partial charge in [-0.1, -0.05) is 31.7 Å². The predicted molar refractivity (Wildman–Crippen MR) is 132 cm³/mol. The van der Waals surface area contributed by atoms with Crippen LogP contribution in [0.25, 0.3) is 10.9 Å². The highest BCUT2D eigenvalue weighted by Crippen LogP contribution is 2.30. The minimum atomic E-state index is 0. The van der Waals surface area contributed by atoms with Crippen LogP contribution in [0.5, 0.6) is 11.5 Å². The van der Waals surface area contributed by atoms with E-state index in [1.54, 1.807) is 13.2 Å². The Morgan fingerprint density at radius 2 is 1.72 bits per heavy atom. The van der Waals surface area contributed by atoms with Crippen molar-refractivity contribution in [3.05, 3.63) is 48.0 Å². The summed E-state index contributed by atoms with van der Waals surface area (Å²) in [5.41, 5.74) is 1.82. The Hall–Kier alpha value is -3.06. The molecule has 3 aromatic rings. The van der Waals surface area contributed by atoms with Crippen molar-refractivity contribution < 1.29 is 9.84 Å². The molecule has 32 heavy (non-hydrogen) atoms. The zero-order valence-electron chi connectivity index (χ0n) is 18.4. The number of para-hydroxylation sites is 2. The summed E-state index contributed by atoms with van der Waals surface area (Å²) in [6.07, 6.45) is 4.23. The van der Waals surface area contributed by atoms with Gasteiger partial charge in [0, 0.05) is 43.7 Å². The average Bonchev–Trinajstić information content (AvgIpc) is 2.79. The Labute approximate surface area is 190 Å². The number of nitrogens with one attached hydrogen (secondary N) is 2. The molecule has 1 aromatic heterocycles. The third-order valence-corrected chi connectivity index (χ3v) is 5.95. The van der Waals surface area contributed by atoms with Crippen LogP contribution in [0.2, 0.25) is 0 Å². The van der Waals surface area contributed by atoms with Crippen molar-refractivity contribution in [1.29, 1.82) is 0 Å². The fourth-order valence-electron chi connectivity index (χ4n) is 4.22. The lowest BCUT2D eigenvalue weighted by atomic mass is 9.91. The maximum atomic E-state index is 10.3. The molecule has 0 saturated heterocycles. The summed E-state index contributed by atoms with van der Waals surface area (Å²) < 4.78 is 5.20. The first-order valence-electron chi connectivity index (χ1n) is 10.8. The van der Waals surface area contributed by atoms with Crippen molar-refractivity contribution in [1.82, 2.24) is 15.3 Å². The lowest BCUT2D eigenvalue weighted by Crippen LogP contribution is -2.37. The Kier molecular flexibility index (Phi) is 7.75. The summed E-state index contributed by atoms with van der Waals surface area (Å²) in [4.78, 5) is 11.5. The first-order valence-corrected chi connectivity index (χ1v) is 10.8. The van der Waals surface area contributed by atoms with Gasteiger partial charge in [0.2, 0.25) is 5.95 Å². The maximum absolute atomic E-state index is 10.3. The molecule has 0 amide bonds. The van der Waals surface area contributed by atoms with Gasteiger partial charge in [-0.2, -0.15) is 4.98 Å². The molecule has 1 aliphatic rings. The van der Waals surface area contributed by atoms with Gasteiger partial charge in [-0.3, -0.25) is 0 Å². The Morgan fingerprint density at radius 3 is 2.44 bits per heavy atom. The standard InChI is InChI=1S/C24H31N5O2.CH4/c1-29(2)23-19-8-4-5-9-20(19)27-24(28-23)26-18-13-11-17(12-14-18)25-15-16-7-6-10-21(31-3)22(16)30;/h4-10,17-18,25,30H,11-15H2,1-3H3,(H,26,27,28);1H4. The number of anilines is 2. The molecule has 1 heterocycles. The first kappa shape index (κ1) is 23.6. The monoisotopic (exact) mass is 437 g/mol. The minimum absolute atomic E-state index is 0. The van der Waals surface area contributed by atoms with Gasteiger partial charge in [-0.15, -0.1) is 0 Å². The van der Waals surface area contributed by atoms with E-state index in [4.69, 9.17) is 14.7 Å². The second kappa shape index (κ2) is 10.5. The van der Waals surface area contributed by atoms with Crippen molar-refractivity contribution >= 4 is 22.7 Å². The largest absolute Gasteiger partial charge is 0.504 e. The highest BCUT2D eigenvalue weighted by atomic mass is 16.5. The molecule has 0 unspecified atom stereocenters. The quantitative estimate of drug-likeness (QED) is 0.500. The molecule has 2 aromatic carbocycles. The summed E-state index contributed by atoms with van der Waals surface area (Å²) in [6, 6.07) is 14.5. The zero-order valence-corrected chi connectivity index (χ0v) is 18.4. The number of hydrogen-bond acceptors (Lipinski definition) is 7. The summed E-state index contributed by atoms with van der Waals surface area (Å²) in [5, 5.41) is 18.5. The van der Waals surface area contributed by atoms with Gasteiger partial charge < -0.3 is 25.4 Å². The summed E-state index contributed by atoms with van der Waals surface area (Å²) in [7, 11) is 5.59. The number of ether oxygens (including phenoxy) is 1. The summed E-state index contributed by atoms with van der Waals surface area (Å²) in [6.45, 7) is 0.631. The molecule has 0 bridgehead atoms. The van der Waals surface area contributed by atoms with Crippen molar-refractivity contribution in [2.24, 2.45) is 0 Å². The van der Waals surface area contributed by atoms with Gasteiger partial charge in [-0.05, 0) is 43.9 Å². The van der Waals surface area contributed by atoms with Crippen molar-refractivity contribution in [3.63, 3.8) is 0 Å². The fourth-order valence-corrected chi connectivity index (χ4v) is 4.22. The zero-order chi connectivity index (χ0) is 21.8. The first-order chi connectivity index (χ1) is 15.0. The molecular weight excluding hydrogens is 402 g/mol. The van der Waals surface area contributed by atoms with Crippen LogP contribution in [0.1, 0.15) is 38.7 Å². The molecule has 7 nitrogen and oxygen atoms in total. The molecule has 0 atom stereocenters. The number of rotatable bonds is 7. The van der Waals surface area contributed by atoms with Crippen LogP contribution >= 0.6 is 0 Å². The fraction of sp³-hybridized carbons (Fsp3) is 0.440. The van der Waals surface area contributed by atoms with Crippen LogP contribution in [0.4, 0.5) is 11.8 Å². The molecule has 1 aliphatic carbocycles. The summed E-state index contributed by atoms with van der Waals surface area (Å²) >= 11 is 0. The lowest BCUT2D eigenvalue weighted by Gasteiger charge is -2.30. The van der Waals surface area contributed by atoms with E-state index in [0.717, 1.165) is 48.0 Å². The third-order valence-electron chi connectivity index (χ3n) is 5.95. The van der Waals surface area contributed by atoms with Gasteiger partial charge in [0.25, 0.3) is 0 Å². The van der Waals surface area contributed by atoms with Crippen LogP contribution in [0, 0.1) is 0 Å². The molecule has 0 aliphatic heterocycles. The maximum Gasteiger partial charge on any atom is 0.225 e. The Morgan fingerprint density at radius 1 is 1.00 bits per heavy atom. The van der Waals surface area contributed by atoms with Crippen LogP contribution in [0.3, 0.4) is 0 Å². The summed E-state index contributed by atoms with van der Waals surface area (Å²) in [5.74, 6) is 2.36. The molecule has 4 rings (SSSR count). The van der Waals surface area contributed by atoms with E-state index in [-0.39, 0.29) is 13.2 Å². The van der Waals surface area contributed by atoms with Gasteiger partial charge in [0.15, 0.2) is 11.5 Å². The number of benzene rings is 2. The topological polar surface area (TPSA) is 82.5 Å². The smallest absolute Gasteiger partial charge is 0.225 e. The van der Waals surface area contributed by atoms with E-state index in [2.05, 4.69) is 16.7 Å². The highest BCUT2D eigenvalue weighted by molar-refractivity contribution is 5.90. The van der Waals surface area contributed by atoms with Crippen molar-refractivity contribution in [2.75, 3.05) is 31.4 Å². The van der Waals surface area contributed by atoms with E-state index in [9.17, 15) is 5.11 Å². The number of aromatic nitrogens is 2. The SMILES string of the molecule is C.COc1cccc(CNC2CCC(Nc3nc(N(C)C)c4ccccc4n3)CC2)c1O. The number of fused-ring (bicyclic) bond motifs is 1. The number of nitrogens with zero attached hydrogens (tertiary/aromatic N) is 3. The normalized spacial score (nSPS) is 18.1. The second-order valence-electron chi connectivity index (χ2n) is 8.32. The van der Waals surface area contributed by atoms with Crippen molar-refractivity contribution in [2.45, 2.75) is 51.7 Å². The van der Waals surface area contributed by atoms with Crippen molar-refractivity contribution in [3.8, 4) is 11.5 Å². The van der Waals surface area contributed by atoms with Gasteiger partial charge in [0.05, 0.1) is 12.6 Å². The van der Waals surface area contributed by atoms with Gasteiger partial charge in [0.1, 0.15) is 5.82 Å². The number of phenolic OH excluding ortho intramolecular Hbond substituents is 1. The predicted octanol–water partition coefficient (Wildman–Crippen LogP) is 4.56. The third kappa shape index (κ3) is 5.22. The number of aromatic hydroxyl groups is 1.